The first-order valence-corrected chi connectivity index (χ1v) is 12.6. The molecule has 1 aliphatic carbocycles. The molecule has 0 aliphatic heterocycles. The van der Waals surface area contributed by atoms with Crippen LogP contribution in [0, 0.1) is 17.6 Å². The van der Waals surface area contributed by atoms with Crippen molar-refractivity contribution in [1.29, 1.82) is 0 Å². The van der Waals surface area contributed by atoms with Crippen molar-refractivity contribution in [3.63, 3.8) is 0 Å². The Morgan fingerprint density at radius 3 is 2.56 bits per heavy atom. The Kier molecular flexibility index (Phi) is 6.85. The fourth-order valence-electron chi connectivity index (χ4n) is 4.48. The maximum absolute atomic E-state index is 14.5. The summed E-state index contributed by atoms with van der Waals surface area (Å²) in [5.74, 6) is -0.924. The maximum Gasteiger partial charge on any atom is 0.326 e. The fraction of sp³-hybridized carbons (Fsp3) is 0.391. The van der Waals surface area contributed by atoms with Crippen LogP contribution in [0.4, 0.5) is 14.5 Å². The van der Waals surface area contributed by atoms with Crippen LogP contribution < -0.4 is 21.3 Å². The molecule has 4 rings (SSSR count). The molecule has 1 saturated carbocycles. The first-order valence-electron chi connectivity index (χ1n) is 11.1. The zero-order valence-corrected chi connectivity index (χ0v) is 19.4. The number of sulfonamides is 1. The van der Waals surface area contributed by atoms with Gasteiger partial charge in [-0.2, -0.15) is 0 Å². The zero-order valence-electron chi connectivity index (χ0n) is 18.6. The number of anilines is 1. The van der Waals surface area contributed by atoms with Crippen LogP contribution in [0.3, 0.4) is 0 Å². The zero-order chi connectivity index (χ0) is 24.5. The molecule has 1 atom stereocenters. The minimum Gasteiger partial charge on any atom is -0.310 e. The predicted octanol–water partition coefficient (Wildman–Crippen LogP) is 3.35. The molecule has 4 N–H and O–H groups in total. The van der Waals surface area contributed by atoms with Gasteiger partial charge in [-0.1, -0.05) is 25.7 Å². The number of aromatic amines is 2. The van der Waals surface area contributed by atoms with Crippen molar-refractivity contribution in [1.82, 2.24) is 15.3 Å². The molecule has 3 aromatic rings. The standard InChI is InChI=1S/C23H26F2N4O4S/c1-13(8-14-4-2-3-5-14)26-12-15-9-16(24)6-7-20(15)29-34(32,33)17-10-18-21(19(25)11-17)27-23(31)28-22(18)30/h6-7,9-11,13-14,26,29H,2-5,8,12H2,1H3,(H2,27,28,30,31)/t13-/m0/s1. The third kappa shape index (κ3) is 5.36. The van der Waals surface area contributed by atoms with Gasteiger partial charge in [0.25, 0.3) is 15.6 Å². The summed E-state index contributed by atoms with van der Waals surface area (Å²) < 4.78 is 56.8. The normalized spacial score (nSPS) is 15.6. The van der Waals surface area contributed by atoms with E-state index in [9.17, 15) is 26.8 Å². The van der Waals surface area contributed by atoms with Crippen LogP contribution in [0.1, 0.15) is 44.6 Å². The Morgan fingerprint density at radius 1 is 1.09 bits per heavy atom. The van der Waals surface area contributed by atoms with Gasteiger partial charge < -0.3 is 10.3 Å². The van der Waals surface area contributed by atoms with E-state index in [1.807, 2.05) is 11.9 Å². The molecule has 1 fully saturated rings. The van der Waals surface area contributed by atoms with Crippen LogP contribution in [-0.2, 0) is 16.6 Å². The molecular formula is C23H26F2N4O4S. The summed E-state index contributed by atoms with van der Waals surface area (Å²) in [4.78, 5) is 27.0. The molecule has 1 heterocycles. The molecule has 0 saturated heterocycles. The number of nitrogens with one attached hydrogen (secondary N) is 4. The quantitative estimate of drug-likeness (QED) is 0.384. The molecule has 1 aliphatic rings. The van der Waals surface area contributed by atoms with Crippen molar-refractivity contribution in [3.05, 3.63) is 68.4 Å². The molecule has 11 heteroatoms. The Morgan fingerprint density at radius 2 is 1.82 bits per heavy atom. The number of hydrogen-bond donors (Lipinski definition) is 4. The van der Waals surface area contributed by atoms with E-state index >= 15 is 0 Å². The van der Waals surface area contributed by atoms with Crippen LogP contribution in [0.25, 0.3) is 10.9 Å². The van der Waals surface area contributed by atoms with Crippen LogP contribution in [-0.4, -0.2) is 24.4 Å². The summed E-state index contributed by atoms with van der Waals surface area (Å²) in [6.07, 6.45) is 5.88. The molecule has 0 bridgehead atoms. The number of hydrogen-bond acceptors (Lipinski definition) is 5. The van der Waals surface area contributed by atoms with Crippen molar-refractivity contribution in [3.8, 4) is 0 Å². The smallest absolute Gasteiger partial charge is 0.310 e. The van der Waals surface area contributed by atoms with Gasteiger partial charge in [-0.15, -0.1) is 0 Å². The van der Waals surface area contributed by atoms with Crippen LogP contribution in [0.15, 0.2) is 44.8 Å². The van der Waals surface area contributed by atoms with E-state index in [1.54, 1.807) is 0 Å². The Bertz CT molecular complexity index is 1430. The Labute approximate surface area is 194 Å². The minimum absolute atomic E-state index is 0.137. The van der Waals surface area contributed by atoms with Crippen LogP contribution in [0.2, 0.25) is 0 Å². The lowest BCUT2D eigenvalue weighted by Gasteiger charge is -2.19. The van der Waals surface area contributed by atoms with E-state index < -0.39 is 43.3 Å². The van der Waals surface area contributed by atoms with Gasteiger partial charge in [0.1, 0.15) is 11.6 Å². The summed E-state index contributed by atoms with van der Waals surface area (Å²) in [5.41, 5.74) is -1.69. The average Bonchev–Trinajstić information content (AvgIpc) is 3.27. The number of aromatic nitrogens is 2. The van der Waals surface area contributed by atoms with Crippen molar-refractivity contribution >= 4 is 26.6 Å². The number of benzene rings is 2. The SMILES string of the molecule is C[C@@H](CC1CCCC1)NCc1cc(F)ccc1NS(=O)(=O)c1cc(F)c2[nH]c(=O)[nH]c(=O)c2c1. The molecule has 0 radical (unpaired) electrons. The van der Waals surface area contributed by atoms with E-state index in [2.05, 4.69) is 15.0 Å². The molecule has 0 spiro atoms. The largest absolute Gasteiger partial charge is 0.326 e. The third-order valence-electron chi connectivity index (χ3n) is 6.20. The molecule has 0 amide bonds. The first kappa shape index (κ1) is 24.1. The van der Waals surface area contributed by atoms with Gasteiger partial charge >= 0.3 is 5.69 Å². The highest BCUT2D eigenvalue weighted by Crippen LogP contribution is 2.29. The highest BCUT2D eigenvalue weighted by molar-refractivity contribution is 7.92. The number of halogens is 2. The second-order valence-corrected chi connectivity index (χ2v) is 10.5. The highest BCUT2D eigenvalue weighted by Gasteiger charge is 2.21. The molecule has 8 nitrogen and oxygen atoms in total. The average molecular weight is 493 g/mol. The van der Waals surface area contributed by atoms with E-state index in [0.29, 0.717) is 17.5 Å². The van der Waals surface area contributed by atoms with Gasteiger partial charge in [-0.3, -0.25) is 14.5 Å². The number of rotatable bonds is 8. The van der Waals surface area contributed by atoms with Gasteiger partial charge in [0.05, 0.1) is 21.5 Å². The predicted molar refractivity (Wildman–Crippen MR) is 125 cm³/mol. The van der Waals surface area contributed by atoms with Gasteiger partial charge in [0.2, 0.25) is 0 Å². The maximum atomic E-state index is 14.5. The summed E-state index contributed by atoms with van der Waals surface area (Å²) in [5, 5.41) is 3.01. The van der Waals surface area contributed by atoms with Crippen molar-refractivity contribution < 1.29 is 17.2 Å². The lowest BCUT2D eigenvalue weighted by Crippen LogP contribution is -2.28. The lowest BCUT2D eigenvalue weighted by atomic mass is 9.99. The number of H-pyrrole nitrogens is 2. The summed E-state index contributed by atoms with van der Waals surface area (Å²) in [7, 11) is -4.33. The summed E-state index contributed by atoms with van der Waals surface area (Å²) in [6, 6.07) is 5.52. The van der Waals surface area contributed by atoms with Crippen molar-refractivity contribution in [2.45, 2.75) is 56.5 Å². The van der Waals surface area contributed by atoms with Gasteiger partial charge in [-0.05, 0) is 55.2 Å². The molecule has 0 unspecified atom stereocenters. The molecular weight excluding hydrogens is 466 g/mol. The van der Waals surface area contributed by atoms with E-state index in [-0.39, 0.29) is 23.7 Å². The lowest BCUT2D eigenvalue weighted by molar-refractivity contribution is 0.404. The first-order chi connectivity index (χ1) is 16.1. The van der Waals surface area contributed by atoms with Gasteiger partial charge in [0.15, 0.2) is 0 Å². The van der Waals surface area contributed by atoms with Crippen LogP contribution >= 0.6 is 0 Å². The van der Waals surface area contributed by atoms with Crippen LogP contribution in [0.5, 0.6) is 0 Å². The van der Waals surface area contributed by atoms with Crippen molar-refractivity contribution in [2.24, 2.45) is 5.92 Å². The van der Waals surface area contributed by atoms with E-state index in [1.165, 1.54) is 37.8 Å². The molecule has 2 aromatic carbocycles. The topological polar surface area (TPSA) is 124 Å². The minimum atomic E-state index is -4.33. The third-order valence-corrected chi connectivity index (χ3v) is 7.54. The monoisotopic (exact) mass is 492 g/mol. The molecule has 1 aromatic heterocycles. The summed E-state index contributed by atoms with van der Waals surface area (Å²) >= 11 is 0. The van der Waals surface area contributed by atoms with Gasteiger partial charge in [0, 0.05) is 12.6 Å². The summed E-state index contributed by atoms with van der Waals surface area (Å²) in [6.45, 7) is 2.28. The Balaban J connectivity index is 1.58. The van der Waals surface area contributed by atoms with E-state index in [0.717, 1.165) is 18.6 Å². The number of fused-ring (bicyclic) bond motifs is 1. The highest BCUT2D eigenvalue weighted by atomic mass is 32.2. The second-order valence-electron chi connectivity index (χ2n) is 8.81. The van der Waals surface area contributed by atoms with Crippen molar-refractivity contribution in [2.75, 3.05) is 4.72 Å². The second kappa shape index (κ2) is 9.67. The van der Waals surface area contributed by atoms with Gasteiger partial charge in [-0.25, -0.2) is 22.0 Å². The molecule has 182 valence electrons. The Hall–Kier alpha value is -3.05. The molecule has 34 heavy (non-hydrogen) atoms. The fourth-order valence-corrected chi connectivity index (χ4v) is 5.62. The van der Waals surface area contributed by atoms with E-state index in [4.69, 9.17) is 0 Å².